The van der Waals surface area contributed by atoms with Gasteiger partial charge in [0.1, 0.15) is 5.82 Å². The lowest BCUT2D eigenvalue weighted by atomic mass is 10.0. The maximum Gasteiger partial charge on any atom is 0.145 e. The molecular formula is C10H13ClFNO. The van der Waals surface area contributed by atoms with E-state index >= 15 is 0 Å². The Morgan fingerprint density at radius 2 is 2.07 bits per heavy atom. The number of rotatable bonds is 2. The van der Waals surface area contributed by atoms with Gasteiger partial charge < -0.3 is 5.21 Å². The van der Waals surface area contributed by atoms with Gasteiger partial charge in [0.25, 0.3) is 0 Å². The highest BCUT2D eigenvalue weighted by atomic mass is 35.5. The Morgan fingerprint density at radius 3 is 2.57 bits per heavy atom. The first-order valence-electron chi connectivity index (χ1n) is 4.27. The fourth-order valence-electron chi connectivity index (χ4n) is 1.32. The van der Waals surface area contributed by atoms with E-state index in [1.165, 1.54) is 7.05 Å². The number of hydrogen-bond donors (Lipinski definition) is 1. The third-order valence-corrected chi connectivity index (χ3v) is 2.60. The lowest BCUT2D eigenvalue weighted by molar-refractivity contribution is -0.0733. The second-order valence-electron chi connectivity index (χ2n) is 3.42. The van der Waals surface area contributed by atoms with Crippen LogP contribution in [-0.2, 0) is 6.54 Å². The average molecular weight is 218 g/mol. The number of nitrogens with zero attached hydrogens (tertiary/aromatic N) is 1. The first-order valence-corrected chi connectivity index (χ1v) is 4.65. The van der Waals surface area contributed by atoms with Gasteiger partial charge in [-0.25, -0.2) is 4.39 Å². The van der Waals surface area contributed by atoms with Gasteiger partial charge in [-0.3, -0.25) is 0 Å². The topological polar surface area (TPSA) is 23.5 Å². The predicted octanol–water partition coefficient (Wildman–Crippen LogP) is 2.92. The number of aryl methyl sites for hydroxylation is 1. The van der Waals surface area contributed by atoms with Crippen LogP contribution >= 0.6 is 11.6 Å². The molecule has 1 N–H and O–H groups in total. The van der Waals surface area contributed by atoms with Crippen molar-refractivity contribution < 1.29 is 9.60 Å². The number of benzene rings is 1. The molecule has 0 atom stereocenters. The summed E-state index contributed by atoms with van der Waals surface area (Å²) in [4.78, 5) is 0. The molecule has 0 amide bonds. The van der Waals surface area contributed by atoms with Gasteiger partial charge in [-0.2, -0.15) is 5.06 Å². The molecule has 0 saturated heterocycles. The minimum atomic E-state index is -0.400. The maximum atomic E-state index is 13.5. The van der Waals surface area contributed by atoms with E-state index < -0.39 is 5.82 Å². The lowest BCUT2D eigenvalue weighted by Gasteiger charge is -2.13. The fourth-order valence-corrected chi connectivity index (χ4v) is 1.52. The van der Waals surface area contributed by atoms with Crippen molar-refractivity contribution in [1.29, 1.82) is 0 Å². The molecule has 0 radical (unpaired) electrons. The SMILES string of the molecule is Cc1cc(CN(C)O)c(C)c(F)c1Cl. The van der Waals surface area contributed by atoms with Gasteiger partial charge in [-0.1, -0.05) is 17.7 Å². The van der Waals surface area contributed by atoms with Crippen molar-refractivity contribution in [3.63, 3.8) is 0 Å². The Morgan fingerprint density at radius 1 is 1.50 bits per heavy atom. The fraction of sp³-hybridized carbons (Fsp3) is 0.400. The van der Waals surface area contributed by atoms with E-state index in [9.17, 15) is 4.39 Å². The van der Waals surface area contributed by atoms with E-state index in [4.69, 9.17) is 16.8 Å². The molecule has 0 saturated carbocycles. The molecule has 0 aliphatic heterocycles. The van der Waals surface area contributed by atoms with Crippen molar-refractivity contribution in [3.05, 3.63) is 33.6 Å². The summed E-state index contributed by atoms with van der Waals surface area (Å²) >= 11 is 5.74. The van der Waals surface area contributed by atoms with E-state index in [1.54, 1.807) is 19.9 Å². The molecule has 1 aromatic rings. The van der Waals surface area contributed by atoms with Crippen LogP contribution in [0.25, 0.3) is 0 Å². The standard InChI is InChI=1S/C10H13ClFNO/c1-6-4-8(5-13(3)14)7(2)10(12)9(6)11/h4,14H,5H2,1-3H3. The maximum absolute atomic E-state index is 13.5. The molecule has 1 rings (SSSR count). The van der Waals surface area contributed by atoms with Crippen molar-refractivity contribution in [2.24, 2.45) is 0 Å². The number of hydroxylamine groups is 2. The molecule has 4 heteroatoms. The molecule has 0 aliphatic rings. The van der Waals surface area contributed by atoms with Crippen LogP contribution in [0, 0.1) is 19.7 Å². The zero-order valence-corrected chi connectivity index (χ0v) is 9.19. The molecule has 0 aliphatic carbocycles. The molecule has 0 heterocycles. The Kier molecular flexibility index (Phi) is 3.48. The van der Waals surface area contributed by atoms with E-state index in [-0.39, 0.29) is 5.02 Å². The van der Waals surface area contributed by atoms with Crippen LogP contribution in [0.4, 0.5) is 4.39 Å². The van der Waals surface area contributed by atoms with Crippen LogP contribution < -0.4 is 0 Å². The Hall–Kier alpha value is -0.640. The highest BCUT2D eigenvalue weighted by molar-refractivity contribution is 6.31. The Bertz CT molecular complexity index is 352. The lowest BCUT2D eigenvalue weighted by Crippen LogP contribution is -2.13. The van der Waals surface area contributed by atoms with Crippen molar-refractivity contribution in [3.8, 4) is 0 Å². The zero-order valence-electron chi connectivity index (χ0n) is 8.43. The van der Waals surface area contributed by atoms with Gasteiger partial charge in [0.15, 0.2) is 0 Å². The third kappa shape index (κ3) is 2.23. The minimum absolute atomic E-state index is 0.159. The van der Waals surface area contributed by atoms with E-state index in [0.717, 1.165) is 10.6 Å². The van der Waals surface area contributed by atoms with E-state index in [2.05, 4.69) is 0 Å². The average Bonchev–Trinajstić information content (AvgIpc) is 2.10. The summed E-state index contributed by atoms with van der Waals surface area (Å²) in [5.41, 5.74) is 1.92. The summed E-state index contributed by atoms with van der Waals surface area (Å²) in [5, 5.41) is 10.2. The van der Waals surface area contributed by atoms with Crippen LogP contribution in [0.5, 0.6) is 0 Å². The molecule has 14 heavy (non-hydrogen) atoms. The predicted molar refractivity (Wildman–Crippen MR) is 54.1 cm³/mol. The Balaban J connectivity index is 3.19. The van der Waals surface area contributed by atoms with Crippen LogP contribution in [0.2, 0.25) is 5.02 Å². The van der Waals surface area contributed by atoms with Crippen LogP contribution in [0.1, 0.15) is 16.7 Å². The molecule has 0 unspecified atom stereocenters. The smallest absolute Gasteiger partial charge is 0.145 e. The molecule has 2 nitrogen and oxygen atoms in total. The molecular weight excluding hydrogens is 205 g/mol. The van der Waals surface area contributed by atoms with Crippen molar-refractivity contribution in [1.82, 2.24) is 5.06 Å². The van der Waals surface area contributed by atoms with E-state index in [1.807, 2.05) is 0 Å². The van der Waals surface area contributed by atoms with Crippen molar-refractivity contribution in [2.45, 2.75) is 20.4 Å². The van der Waals surface area contributed by atoms with Gasteiger partial charge >= 0.3 is 0 Å². The van der Waals surface area contributed by atoms with Crippen molar-refractivity contribution >= 4 is 11.6 Å². The summed E-state index contributed by atoms with van der Waals surface area (Å²) in [6.07, 6.45) is 0. The summed E-state index contributed by atoms with van der Waals surface area (Å²) in [6, 6.07) is 1.79. The van der Waals surface area contributed by atoms with Gasteiger partial charge in [-0.05, 0) is 30.5 Å². The van der Waals surface area contributed by atoms with E-state index in [0.29, 0.717) is 17.7 Å². The highest BCUT2D eigenvalue weighted by Gasteiger charge is 2.12. The summed E-state index contributed by atoms with van der Waals surface area (Å²) in [7, 11) is 1.52. The molecule has 0 aromatic heterocycles. The largest absolute Gasteiger partial charge is 0.314 e. The van der Waals surface area contributed by atoms with Crippen molar-refractivity contribution in [2.75, 3.05) is 7.05 Å². The summed E-state index contributed by atoms with van der Waals surface area (Å²) in [6.45, 7) is 3.69. The normalized spacial score (nSPS) is 11.1. The first-order chi connectivity index (χ1) is 6.43. The van der Waals surface area contributed by atoms with Crippen LogP contribution in [0.15, 0.2) is 6.07 Å². The zero-order chi connectivity index (χ0) is 10.9. The number of hydrogen-bond acceptors (Lipinski definition) is 2. The second kappa shape index (κ2) is 4.26. The minimum Gasteiger partial charge on any atom is -0.314 e. The first kappa shape index (κ1) is 11.4. The van der Waals surface area contributed by atoms with Crippen LogP contribution in [0.3, 0.4) is 0 Å². The third-order valence-electron chi connectivity index (χ3n) is 2.14. The van der Waals surface area contributed by atoms with Crippen LogP contribution in [-0.4, -0.2) is 17.3 Å². The quantitative estimate of drug-likeness (QED) is 0.770. The molecule has 1 aromatic carbocycles. The monoisotopic (exact) mass is 217 g/mol. The van der Waals surface area contributed by atoms with Gasteiger partial charge in [-0.15, -0.1) is 0 Å². The molecule has 78 valence electrons. The van der Waals surface area contributed by atoms with Gasteiger partial charge in [0, 0.05) is 13.6 Å². The summed E-state index contributed by atoms with van der Waals surface area (Å²) in [5.74, 6) is -0.400. The Labute approximate surface area is 87.9 Å². The number of halogens is 2. The molecule has 0 fully saturated rings. The highest BCUT2D eigenvalue weighted by Crippen LogP contribution is 2.25. The summed E-state index contributed by atoms with van der Waals surface area (Å²) < 4.78 is 13.5. The molecule has 0 spiro atoms. The second-order valence-corrected chi connectivity index (χ2v) is 3.80. The molecule has 0 bridgehead atoms. The van der Waals surface area contributed by atoms with Gasteiger partial charge in [0.05, 0.1) is 5.02 Å². The van der Waals surface area contributed by atoms with Gasteiger partial charge in [0.2, 0.25) is 0 Å².